The van der Waals surface area contributed by atoms with E-state index in [1.165, 1.54) is 12.1 Å². The summed E-state index contributed by atoms with van der Waals surface area (Å²) in [4.78, 5) is 12.1. The fourth-order valence-corrected chi connectivity index (χ4v) is 2.59. The number of carbonyl (C=O) groups excluding carboxylic acids is 1. The number of halogens is 3. The third-order valence-corrected chi connectivity index (χ3v) is 3.68. The smallest absolute Gasteiger partial charge is 0.295 e. The van der Waals surface area contributed by atoms with Crippen molar-refractivity contribution >= 4 is 11.4 Å². The molecule has 0 atom stereocenters. The van der Waals surface area contributed by atoms with Gasteiger partial charge in [0.1, 0.15) is 0 Å². The second kappa shape index (κ2) is 6.25. The molecule has 0 unspecified atom stereocenters. The third-order valence-electron chi connectivity index (χ3n) is 3.68. The predicted octanol–water partition coefficient (Wildman–Crippen LogP) is 4.78. The summed E-state index contributed by atoms with van der Waals surface area (Å²) in [7, 11) is 0. The Balaban J connectivity index is 2.27. The molecular weight excluding hydrogens is 265 g/mol. The minimum atomic E-state index is -4.51. The lowest BCUT2D eigenvalue weighted by atomic mass is 9.85. The summed E-state index contributed by atoms with van der Waals surface area (Å²) in [5.41, 5.74) is -0.794. The van der Waals surface area contributed by atoms with Crippen LogP contribution in [0.4, 0.5) is 13.2 Å². The molecule has 1 aliphatic carbocycles. The molecule has 0 heterocycles. The van der Waals surface area contributed by atoms with Gasteiger partial charge in [-0.2, -0.15) is 13.2 Å². The van der Waals surface area contributed by atoms with Crippen LogP contribution in [0.15, 0.2) is 36.4 Å². The zero-order chi connectivity index (χ0) is 14.6. The Hall–Kier alpha value is -1.58. The van der Waals surface area contributed by atoms with Crippen molar-refractivity contribution in [3.05, 3.63) is 42.0 Å². The molecular formula is C16H17F3O. The summed E-state index contributed by atoms with van der Waals surface area (Å²) in [6, 6.07) is 7.50. The number of hydrogen-bond donors (Lipinski definition) is 0. The summed E-state index contributed by atoms with van der Waals surface area (Å²) in [5.74, 6) is -0.634. The monoisotopic (exact) mass is 282 g/mol. The number of hydrogen-bond acceptors (Lipinski definition) is 1. The Labute approximate surface area is 116 Å². The first-order valence-corrected chi connectivity index (χ1v) is 6.86. The maximum absolute atomic E-state index is 13.1. The van der Waals surface area contributed by atoms with Crippen molar-refractivity contribution in [3.63, 3.8) is 0 Å². The van der Waals surface area contributed by atoms with Gasteiger partial charge in [0, 0.05) is 5.92 Å². The van der Waals surface area contributed by atoms with Gasteiger partial charge in [0.25, 0.3) is 0 Å². The van der Waals surface area contributed by atoms with Crippen LogP contribution in [0, 0.1) is 5.92 Å². The molecule has 0 radical (unpaired) electrons. The van der Waals surface area contributed by atoms with Gasteiger partial charge in [-0.05, 0) is 24.5 Å². The van der Waals surface area contributed by atoms with E-state index < -0.39 is 11.7 Å². The zero-order valence-corrected chi connectivity index (χ0v) is 11.1. The third kappa shape index (κ3) is 3.71. The van der Waals surface area contributed by atoms with Gasteiger partial charge in [0.2, 0.25) is 0 Å². The molecule has 1 aromatic rings. The minimum absolute atomic E-state index is 0.0455. The molecule has 1 aliphatic rings. The van der Waals surface area contributed by atoms with E-state index in [0.29, 0.717) is 12.8 Å². The van der Waals surface area contributed by atoms with Crippen molar-refractivity contribution in [1.82, 2.24) is 0 Å². The number of ketones is 1. The number of rotatable bonds is 3. The summed E-state index contributed by atoms with van der Waals surface area (Å²) in [5, 5.41) is 0. The molecule has 2 rings (SSSR count). The van der Waals surface area contributed by atoms with E-state index in [4.69, 9.17) is 0 Å². The van der Waals surface area contributed by atoms with Gasteiger partial charge in [0.05, 0.1) is 5.57 Å². The van der Waals surface area contributed by atoms with E-state index >= 15 is 0 Å². The Morgan fingerprint density at radius 1 is 1.05 bits per heavy atom. The lowest BCUT2D eigenvalue weighted by molar-refractivity contribution is -0.119. The molecule has 0 aromatic heterocycles. The summed E-state index contributed by atoms with van der Waals surface area (Å²) >= 11 is 0. The van der Waals surface area contributed by atoms with Gasteiger partial charge >= 0.3 is 6.18 Å². The number of allylic oxidation sites excluding steroid dienone is 2. The van der Waals surface area contributed by atoms with Gasteiger partial charge in [-0.1, -0.05) is 49.6 Å². The van der Waals surface area contributed by atoms with E-state index in [1.54, 1.807) is 18.2 Å². The molecule has 0 spiro atoms. The largest absolute Gasteiger partial charge is 0.417 e. The maximum atomic E-state index is 13.1. The molecule has 1 fully saturated rings. The van der Waals surface area contributed by atoms with Crippen molar-refractivity contribution < 1.29 is 18.0 Å². The first-order chi connectivity index (χ1) is 9.48. The van der Waals surface area contributed by atoms with Gasteiger partial charge in [-0.15, -0.1) is 0 Å². The van der Waals surface area contributed by atoms with Gasteiger partial charge in [-0.3, -0.25) is 4.79 Å². The maximum Gasteiger partial charge on any atom is 0.417 e. The first kappa shape index (κ1) is 14.8. The number of benzene rings is 1. The van der Waals surface area contributed by atoms with Crippen LogP contribution >= 0.6 is 0 Å². The van der Waals surface area contributed by atoms with Crippen LogP contribution in [0.5, 0.6) is 0 Å². The summed E-state index contributed by atoms with van der Waals surface area (Å²) < 4.78 is 39.3. The van der Waals surface area contributed by atoms with E-state index in [0.717, 1.165) is 25.3 Å². The second-order valence-electron chi connectivity index (χ2n) is 5.16. The molecule has 0 saturated heterocycles. The number of alkyl halides is 3. The highest BCUT2D eigenvalue weighted by Crippen LogP contribution is 2.35. The highest BCUT2D eigenvalue weighted by atomic mass is 19.4. The molecule has 1 saturated carbocycles. The summed E-state index contributed by atoms with van der Waals surface area (Å²) in [6.07, 6.45) is 0.619. The average molecular weight is 282 g/mol. The second-order valence-corrected chi connectivity index (χ2v) is 5.16. The zero-order valence-electron chi connectivity index (χ0n) is 11.1. The molecule has 0 aliphatic heterocycles. The lowest BCUT2D eigenvalue weighted by Gasteiger charge is -2.20. The predicted molar refractivity (Wildman–Crippen MR) is 72.1 cm³/mol. The van der Waals surface area contributed by atoms with Crippen LogP contribution in [0.3, 0.4) is 0 Å². The Bertz CT molecular complexity index is 482. The minimum Gasteiger partial charge on any atom is -0.295 e. The van der Waals surface area contributed by atoms with Crippen LogP contribution in [-0.4, -0.2) is 12.0 Å². The average Bonchev–Trinajstić information content (AvgIpc) is 2.45. The Kier molecular flexibility index (Phi) is 4.63. The molecule has 0 amide bonds. The molecule has 0 bridgehead atoms. The van der Waals surface area contributed by atoms with Crippen molar-refractivity contribution in [2.75, 3.05) is 0 Å². The highest BCUT2D eigenvalue weighted by Gasteiger charge is 2.36. The fraction of sp³-hybridized carbons (Fsp3) is 0.438. The van der Waals surface area contributed by atoms with Gasteiger partial charge in [-0.25, -0.2) is 0 Å². The van der Waals surface area contributed by atoms with E-state index in [-0.39, 0.29) is 17.3 Å². The van der Waals surface area contributed by atoms with Gasteiger partial charge in [0.15, 0.2) is 5.78 Å². The molecule has 1 nitrogen and oxygen atoms in total. The van der Waals surface area contributed by atoms with Crippen LogP contribution in [0.1, 0.15) is 37.7 Å². The van der Waals surface area contributed by atoms with E-state index in [9.17, 15) is 18.0 Å². The molecule has 4 heteroatoms. The first-order valence-electron chi connectivity index (χ1n) is 6.86. The van der Waals surface area contributed by atoms with Crippen LogP contribution in [-0.2, 0) is 4.79 Å². The quantitative estimate of drug-likeness (QED) is 0.729. The Morgan fingerprint density at radius 3 is 2.20 bits per heavy atom. The normalized spacial score (nSPS) is 18.1. The van der Waals surface area contributed by atoms with Crippen LogP contribution in [0.2, 0.25) is 0 Å². The lowest BCUT2D eigenvalue weighted by Crippen LogP contribution is -2.19. The van der Waals surface area contributed by atoms with Crippen LogP contribution < -0.4 is 0 Å². The van der Waals surface area contributed by atoms with Crippen LogP contribution in [0.25, 0.3) is 5.57 Å². The summed E-state index contributed by atoms with van der Waals surface area (Å²) in [6.45, 7) is 0. The standard InChI is InChI=1S/C16H17F3O/c17-16(18,19)14(12-7-3-1-4-8-12)11-15(20)13-9-5-2-6-10-13/h1,3-4,7-8,11,13H,2,5-6,9-10H2/b14-11+. The Morgan fingerprint density at radius 2 is 1.65 bits per heavy atom. The van der Waals surface area contributed by atoms with Crippen molar-refractivity contribution in [3.8, 4) is 0 Å². The molecule has 20 heavy (non-hydrogen) atoms. The van der Waals surface area contributed by atoms with Gasteiger partial charge < -0.3 is 0 Å². The van der Waals surface area contributed by atoms with Crippen molar-refractivity contribution in [1.29, 1.82) is 0 Å². The number of carbonyl (C=O) groups is 1. The topological polar surface area (TPSA) is 17.1 Å². The van der Waals surface area contributed by atoms with E-state index in [2.05, 4.69) is 0 Å². The molecule has 1 aromatic carbocycles. The van der Waals surface area contributed by atoms with E-state index in [1.807, 2.05) is 0 Å². The molecule has 0 N–H and O–H groups in total. The highest BCUT2D eigenvalue weighted by molar-refractivity contribution is 5.99. The van der Waals surface area contributed by atoms with Crippen molar-refractivity contribution in [2.45, 2.75) is 38.3 Å². The van der Waals surface area contributed by atoms with Crippen molar-refractivity contribution in [2.24, 2.45) is 5.92 Å². The SMILES string of the molecule is O=C(/C=C(\c1ccccc1)C(F)(F)F)C1CCCCC1. The fourth-order valence-electron chi connectivity index (χ4n) is 2.59. The molecule has 108 valence electrons.